The largest absolute Gasteiger partial charge is 0.414 e. The molecule has 108 valence electrons. The maximum Gasteiger partial charge on any atom is 0.276 e. The van der Waals surface area contributed by atoms with Crippen molar-refractivity contribution in [3.63, 3.8) is 0 Å². The Hall–Kier alpha value is -0.690. The topological polar surface area (TPSA) is 64.9 Å². The fraction of sp³-hybridized carbons (Fsp3) is 0.385. The van der Waals surface area contributed by atoms with E-state index in [0.29, 0.717) is 11.1 Å². The highest BCUT2D eigenvalue weighted by molar-refractivity contribution is 7.98. The van der Waals surface area contributed by atoms with Gasteiger partial charge in [-0.1, -0.05) is 35.5 Å². The second-order valence-electron chi connectivity index (χ2n) is 4.21. The van der Waals surface area contributed by atoms with Crippen LogP contribution in [-0.4, -0.2) is 22.2 Å². The first-order chi connectivity index (χ1) is 9.69. The van der Waals surface area contributed by atoms with Gasteiger partial charge in [-0.15, -0.1) is 10.2 Å². The minimum Gasteiger partial charge on any atom is -0.414 e. The Balaban J connectivity index is 1.87. The van der Waals surface area contributed by atoms with Gasteiger partial charge in [0.1, 0.15) is 0 Å². The van der Waals surface area contributed by atoms with E-state index in [4.69, 9.17) is 21.8 Å². The van der Waals surface area contributed by atoms with Gasteiger partial charge < -0.3 is 10.2 Å². The third kappa shape index (κ3) is 4.70. The number of aromatic nitrogens is 2. The molecule has 1 heterocycles. The van der Waals surface area contributed by atoms with Crippen LogP contribution >= 0.6 is 35.1 Å². The highest BCUT2D eigenvalue weighted by atomic mass is 35.5. The van der Waals surface area contributed by atoms with Gasteiger partial charge in [-0.2, -0.15) is 11.8 Å². The molecule has 0 saturated carbocycles. The molecule has 0 spiro atoms. The lowest BCUT2D eigenvalue weighted by atomic mass is 10.2. The van der Waals surface area contributed by atoms with Crippen molar-refractivity contribution in [1.29, 1.82) is 0 Å². The predicted molar refractivity (Wildman–Crippen MR) is 85.2 cm³/mol. The third-order valence-electron chi connectivity index (χ3n) is 2.65. The molecule has 0 fully saturated rings. The summed E-state index contributed by atoms with van der Waals surface area (Å²) in [5.41, 5.74) is 7.14. The Morgan fingerprint density at radius 2 is 2.05 bits per heavy atom. The van der Waals surface area contributed by atoms with Crippen LogP contribution in [0, 0.1) is 0 Å². The summed E-state index contributed by atoms with van der Waals surface area (Å²) in [6, 6.07) is 7.53. The lowest BCUT2D eigenvalue weighted by Crippen LogP contribution is -2.11. The molecule has 7 heteroatoms. The summed E-state index contributed by atoms with van der Waals surface area (Å²) in [5, 5.41) is 9.30. The smallest absolute Gasteiger partial charge is 0.276 e. The molecule has 0 bridgehead atoms. The second-order valence-corrected chi connectivity index (χ2v) is 6.56. The summed E-state index contributed by atoms with van der Waals surface area (Å²) in [6.45, 7) is 0. The zero-order valence-electron chi connectivity index (χ0n) is 11.1. The van der Waals surface area contributed by atoms with Gasteiger partial charge in [0.2, 0.25) is 5.89 Å². The number of thioether (sulfide) groups is 2. The number of rotatable bonds is 7. The van der Waals surface area contributed by atoms with Crippen molar-refractivity contribution >= 4 is 35.1 Å². The Morgan fingerprint density at radius 3 is 2.75 bits per heavy atom. The molecular weight excluding hydrogens is 314 g/mol. The van der Waals surface area contributed by atoms with E-state index in [2.05, 4.69) is 10.2 Å². The van der Waals surface area contributed by atoms with Crippen LogP contribution in [0.5, 0.6) is 0 Å². The molecule has 4 nitrogen and oxygen atoms in total. The van der Waals surface area contributed by atoms with Gasteiger partial charge in [-0.25, -0.2) is 0 Å². The predicted octanol–water partition coefficient (Wildman–Crippen LogP) is 3.77. The lowest BCUT2D eigenvalue weighted by Gasteiger charge is -2.04. The van der Waals surface area contributed by atoms with Gasteiger partial charge in [0.25, 0.3) is 5.22 Å². The first kappa shape index (κ1) is 15.7. The number of hydrogen-bond acceptors (Lipinski definition) is 6. The van der Waals surface area contributed by atoms with Crippen LogP contribution in [0.2, 0.25) is 5.02 Å². The summed E-state index contributed by atoms with van der Waals surface area (Å²) in [7, 11) is 0. The molecule has 1 aromatic heterocycles. The van der Waals surface area contributed by atoms with Crippen molar-refractivity contribution in [1.82, 2.24) is 10.2 Å². The molecule has 0 aliphatic heterocycles. The number of benzene rings is 1. The Kier molecular flexibility index (Phi) is 6.22. The fourth-order valence-electron chi connectivity index (χ4n) is 1.52. The Labute approximate surface area is 131 Å². The first-order valence-electron chi connectivity index (χ1n) is 6.14. The number of halogens is 1. The molecule has 20 heavy (non-hydrogen) atoms. The summed E-state index contributed by atoms with van der Waals surface area (Å²) >= 11 is 9.10. The van der Waals surface area contributed by atoms with E-state index in [0.717, 1.165) is 28.5 Å². The molecular formula is C13H16ClN3OS2. The molecule has 0 aliphatic rings. The van der Waals surface area contributed by atoms with Crippen LogP contribution in [0.1, 0.15) is 23.9 Å². The Morgan fingerprint density at radius 1 is 1.30 bits per heavy atom. The summed E-state index contributed by atoms with van der Waals surface area (Å²) in [4.78, 5) is 0. The molecule has 2 aromatic rings. The fourth-order valence-corrected chi connectivity index (χ4v) is 2.86. The van der Waals surface area contributed by atoms with E-state index in [1.807, 2.05) is 30.5 Å². The van der Waals surface area contributed by atoms with Crippen molar-refractivity contribution in [3.8, 4) is 0 Å². The average Bonchev–Trinajstić information content (AvgIpc) is 2.93. The van der Waals surface area contributed by atoms with Crippen LogP contribution in [0.15, 0.2) is 33.9 Å². The van der Waals surface area contributed by atoms with Gasteiger partial charge in [0.15, 0.2) is 0 Å². The molecule has 1 aromatic carbocycles. The molecule has 2 N–H and O–H groups in total. The minimum absolute atomic E-state index is 0.181. The van der Waals surface area contributed by atoms with E-state index in [-0.39, 0.29) is 6.04 Å². The molecule has 1 atom stereocenters. The van der Waals surface area contributed by atoms with Crippen LogP contribution < -0.4 is 5.73 Å². The van der Waals surface area contributed by atoms with E-state index >= 15 is 0 Å². The monoisotopic (exact) mass is 329 g/mol. The minimum atomic E-state index is -0.181. The normalized spacial score (nSPS) is 12.6. The molecule has 0 aliphatic carbocycles. The van der Waals surface area contributed by atoms with Crippen molar-refractivity contribution in [2.24, 2.45) is 5.73 Å². The van der Waals surface area contributed by atoms with Crippen molar-refractivity contribution in [2.75, 3.05) is 12.0 Å². The van der Waals surface area contributed by atoms with E-state index < -0.39 is 0 Å². The molecule has 2 rings (SSSR count). The highest BCUT2D eigenvalue weighted by Gasteiger charge is 2.14. The highest BCUT2D eigenvalue weighted by Crippen LogP contribution is 2.24. The maximum absolute atomic E-state index is 5.98. The van der Waals surface area contributed by atoms with Crippen molar-refractivity contribution in [3.05, 3.63) is 40.7 Å². The first-order valence-corrected chi connectivity index (χ1v) is 8.90. The molecule has 0 unspecified atom stereocenters. The SMILES string of the molecule is CSCC[C@H](N)c1nnc(SCc2ccc(Cl)cc2)o1. The van der Waals surface area contributed by atoms with Crippen LogP contribution in [0.3, 0.4) is 0 Å². The van der Waals surface area contributed by atoms with E-state index in [9.17, 15) is 0 Å². The van der Waals surface area contributed by atoms with Gasteiger partial charge in [-0.05, 0) is 36.1 Å². The van der Waals surface area contributed by atoms with Gasteiger partial charge in [0.05, 0.1) is 6.04 Å². The van der Waals surface area contributed by atoms with E-state index in [1.54, 1.807) is 11.8 Å². The van der Waals surface area contributed by atoms with Gasteiger partial charge >= 0.3 is 0 Å². The third-order valence-corrected chi connectivity index (χ3v) is 4.43. The molecule has 0 radical (unpaired) electrons. The summed E-state index contributed by atoms with van der Waals surface area (Å²) < 4.78 is 5.57. The second kappa shape index (κ2) is 7.93. The standard InChI is InChI=1S/C13H16ClN3OS2/c1-19-7-6-11(15)12-16-17-13(18-12)20-8-9-2-4-10(14)5-3-9/h2-5,11H,6-8,15H2,1H3/t11-/m0/s1. The average molecular weight is 330 g/mol. The molecule has 0 amide bonds. The molecule has 0 saturated heterocycles. The zero-order chi connectivity index (χ0) is 14.4. The number of hydrogen-bond donors (Lipinski definition) is 1. The van der Waals surface area contributed by atoms with Crippen molar-refractivity contribution < 1.29 is 4.42 Å². The van der Waals surface area contributed by atoms with Crippen molar-refractivity contribution in [2.45, 2.75) is 23.4 Å². The summed E-state index contributed by atoms with van der Waals surface area (Å²) in [5.74, 6) is 2.26. The van der Waals surface area contributed by atoms with Crippen LogP contribution in [0.25, 0.3) is 0 Å². The quantitative estimate of drug-likeness (QED) is 0.780. The van der Waals surface area contributed by atoms with E-state index in [1.165, 1.54) is 11.8 Å². The van der Waals surface area contributed by atoms with Gasteiger partial charge in [0, 0.05) is 10.8 Å². The van der Waals surface area contributed by atoms with Gasteiger partial charge in [-0.3, -0.25) is 0 Å². The summed E-state index contributed by atoms with van der Waals surface area (Å²) in [6.07, 6.45) is 2.89. The number of nitrogens with two attached hydrogens (primary N) is 1. The Bertz CT molecular complexity index is 533. The van der Waals surface area contributed by atoms with Crippen LogP contribution in [-0.2, 0) is 5.75 Å². The zero-order valence-corrected chi connectivity index (χ0v) is 13.5. The lowest BCUT2D eigenvalue weighted by molar-refractivity contribution is 0.383. The maximum atomic E-state index is 5.98. The van der Waals surface area contributed by atoms with Crippen LogP contribution in [0.4, 0.5) is 0 Å². The number of nitrogens with zero attached hydrogens (tertiary/aromatic N) is 2.